The molecule has 1 fully saturated rings. The minimum absolute atomic E-state index is 0.00995. The molecule has 80 valence electrons. The van der Waals surface area contributed by atoms with E-state index >= 15 is 0 Å². The number of carbonyl (C=O) groups excluding carboxylic acids is 1. The third-order valence-corrected chi connectivity index (χ3v) is 2.28. The maximum Gasteiger partial charge on any atom is 0.305 e. The smallest absolute Gasteiger partial charge is 0.305 e. The van der Waals surface area contributed by atoms with Crippen molar-refractivity contribution in [1.82, 2.24) is 0 Å². The van der Waals surface area contributed by atoms with Gasteiger partial charge in [0.05, 0.1) is 18.6 Å². The molecule has 0 aliphatic carbocycles. The predicted molar refractivity (Wildman–Crippen MR) is 46.8 cm³/mol. The Labute approximate surface area is 81.7 Å². The van der Waals surface area contributed by atoms with Crippen molar-refractivity contribution < 1.29 is 24.5 Å². The van der Waals surface area contributed by atoms with Crippen LogP contribution in [-0.4, -0.2) is 40.3 Å². The average molecular weight is 202 g/mol. The number of hydrogen-bond acceptors (Lipinski definition) is 4. The molecule has 0 amide bonds. The van der Waals surface area contributed by atoms with E-state index in [4.69, 9.17) is 9.84 Å². The lowest BCUT2D eigenvalue weighted by molar-refractivity contribution is -0.163. The first-order valence-corrected chi connectivity index (χ1v) is 4.62. The van der Waals surface area contributed by atoms with Gasteiger partial charge in [-0.3, -0.25) is 9.59 Å². The number of carboxylic acid groups (broad SMARTS) is 1. The number of Topliss-reactive ketones (excluding diaryl/α,β-unsaturated/α-hetero) is 1. The molecule has 0 saturated carbocycles. The molecule has 5 heteroatoms. The summed E-state index contributed by atoms with van der Waals surface area (Å²) in [4.78, 5) is 21.6. The first kappa shape index (κ1) is 11.1. The number of aliphatic hydroxyl groups excluding tert-OH is 1. The zero-order valence-electron chi connectivity index (χ0n) is 7.97. The minimum Gasteiger partial charge on any atom is -0.481 e. The highest BCUT2D eigenvalue weighted by Gasteiger charge is 2.35. The second-order valence-electron chi connectivity index (χ2n) is 3.42. The zero-order valence-corrected chi connectivity index (χ0v) is 7.97. The number of ketones is 1. The molecule has 1 aliphatic heterocycles. The van der Waals surface area contributed by atoms with Gasteiger partial charge in [0.1, 0.15) is 6.10 Å². The number of aliphatic carboxylic acids is 1. The molecule has 14 heavy (non-hydrogen) atoms. The Hall–Kier alpha value is -0.940. The van der Waals surface area contributed by atoms with E-state index in [-0.39, 0.29) is 18.6 Å². The molecular formula is C9H14O5. The Morgan fingerprint density at radius 1 is 1.64 bits per heavy atom. The van der Waals surface area contributed by atoms with Crippen LogP contribution in [0.4, 0.5) is 0 Å². The van der Waals surface area contributed by atoms with Gasteiger partial charge in [0.25, 0.3) is 0 Å². The van der Waals surface area contributed by atoms with Gasteiger partial charge >= 0.3 is 5.97 Å². The molecule has 5 nitrogen and oxygen atoms in total. The van der Waals surface area contributed by atoms with Gasteiger partial charge in [-0.2, -0.15) is 0 Å². The molecule has 1 heterocycles. The van der Waals surface area contributed by atoms with Crippen molar-refractivity contribution in [3.8, 4) is 0 Å². The second-order valence-corrected chi connectivity index (χ2v) is 3.42. The number of hydrogen-bond donors (Lipinski definition) is 2. The maximum atomic E-state index is 11.2. The van der Waals surface area contributed by atoms with Gasteiger partial charge in [0, 0.05) is 6.42 Å². The number of aliphatic hydroxyl groups is 1. The summed E-state index contributed by atoms with van der Waals surface area (Å²) >= 11 is 0. The molecule has 1 rings (SSSR count). The van der Waals surface area contributed by atoms with Gasteiger partial charge in [0.15, 0.2) is 5.78 Å². The Balaban J connectivity index is 2.58. The number of carbonyl (C=O) groups is 2. The summed E-state index contributed by atoms with van der Waals surface area (Å²) in [6.45, 7) is 1.78. The quantitative estimate of drug-likeness (QED) is 0.670. The van der Waals surface area contributed by atoms with Crippen LogP contribution in [-0.2, 0) is 14.3 Å². The van der Waals surface area contributed by atoms with E-state index in [1.54, 1.807) is 6.92 Å². The summed E-state index contributed by atoms with van der Waals surface area (Å²) in [5, 5.41) is 17.9. The van der Waals surface area contributed by atoms with E-state index in [0.717, 1.165) is 0 Å². The fraction of sp³-hybridized carbons (Fsp3) is 0.778. The molecule has 0 radical (unpaired) electrons. The van der Waals surface area contributed by atoms with Crippen LogP contribution in [0.2, 0.25) is 0 Å². The lowest BCUT2D eigenvalue weighted by Crippen LogP contribution is -2.45. The molecule has 0 unspecified atom stereocenters. The first-order chi connectivity index (χ1) is 6.54. The van der Waals surface area contributed by atoms with Crippen LogP contribution in [0.25, 0.3) is 0 Å². The fourth-order valence-electron chi connectivity index (χ4n) is 1.56. The summed E-state index contributed by atoms with van der Waals surface area (Å²) in [6.07, 6.45) is -1.93. The van der Waals surface area contributed by atoms with Crippen molar-refractivity contribution in [1.29, 1.82) is 0 Å². The number of ether oxygens (including phenoxy) is 1. The van der Waals surface area contributed by atoms with E-state index in [1.807, 2.05) is 0 Å². The normalized spacial score (nSPS) is 33.0. The van der Waals surface area contributed by atoms with Crippen LogP contribution in [0.5, 0.6) is 0 Å². The van der Waals surface area contributed by atoms with Crippen LogP contribution in [0, 0.1) is 0 Å². The van der Waals surface area contributed by atoms with E-state index in [0.29, 0.717) is 6.42 Å². The predicted octanol–water partition coefficient (Wildman–Crippen LogP) is -0.0414. The summed E-state index contributed by atoms with van der Waals surface area (Å²) in [7, 11) is 0. The summed E-state index contributed by atoms with van der Waals surface area (Å²) < 4.78 is 5.28. The van der Waals surface area contributed by atoms with Gasteiger partial charge in [-0.05, 0) is 6.42 Å². The summed E-state index contributed by atoms with van der Waals surface area (Å²) in [6, 6.07) is 0. The van der Waals surface area contributed by atoms with Crippen molar-refractivity contribution in [2.75, 3.05) is 0 Å². The average Bonchev–Trinajstić information content (AvgIpc) is 2.10. The second kappa shape index (κ2) is 4.52. The Bertz CT molecular complexity index is 237. The standard InChI is InChI=1S/C9H14O5/c1-2-7-9(13)6(10)3-5(14-7)4-8(11)12/h5,7,9,13H,2-4H2,1H3,(H,11,12)/t5-,7-,9+/m0/s1. The Morgan fingerprint density at radius 3 is 2.79 bits per heavy atom. The molecule has 1 aliphatic rings. The molecule has 0 aromatic heterocycles. The monoisotopic (exact) mass is 202 g/mol. The van der Waals surface area contributed by atoms with Crippen LogP contribution >= 0.6 is 0 Å². The van der Waals surface area contributed by atoms with E-state index < -0.39 is 24.3 Å². The third-order valence-electron chi connectivity index (χ3n) is 2.28. The SMILES string of the molecule is CC[C@@H]1O[C@H](CC(=O)O)CC(=O)[C@H]1O. The minimum atomic E-state index is -1.09. The van der Waals surface area contributed by atoms with Gasteiger partial charge in [-0.1, -0.05) is 6.92 Å². The van der Waals surface area contributed by atoms with Crippen LogP contribution in [0.1, 0.15) is 26.2 Å². The molecular weight excluding hydrogens is 188 g/mol. The van der Waals surface area contributed by atoms with Crippen LogP contribution in [0.3, 0.4) is 0 Å². The highest BCUT2D eigenvalue weighted by Crippen LogP contribution is 2.21. The lowest BCUT2D eigenvalue weighted by Gasteiger charge is -2.31. The summed E-state index contributed by atoms with van der Waals surface area (Å²) in [5.74, 6) is -1.32. The van der Waals surface area contributed by atoms with E-state index in [9.17, 15) is 14.7 Å². The third kappa shape index (κ3) is 2.52. The highest BCUT2D eigenvalue weighted by atomic mass is 16.5. The molecule has 1 saturated heterocycles. The molecule has 0 aromatic carbocycles. The van der Waals surface area contributed by atoms with Crippen molar-refractivity contribution in [2.45, 2.75) is 44.5 Å². The van der Waals surface area contributed by atoms with Crippen molar-refractivity contribution >= 4 is 11.8 Å². The van der Waals surface area contributed by atoms with Crippen molar-refractivity contribution in [2.24, 2.45) is 0 Å². The van der Waals surface area contributed by atoms with Gasteiger partial charge in [-0.25, -0.2) is 0 Å². The molecule has 0 aromatic rings. The van der Waals surface area contributed by atoms with Gasteiger partial charge in [0.2, 0.25) is 0 Å². The number of carboxylic acids is 1. The topological polar surface area (TPSA) is 83.8 Å². The first-order valence-electron chi connectivity index (χ1n) is 4.62. The Kier molecular flexibility index (Phi) is 3.60. The Morgan fingerprint density at radius 2 is 2.29 bits per heavy atom. The van der Waals surface area contributed by atoms with Crippen molar-refractivity contribution in [3.63, 3.8) is 0 Å². The van der Waals surface area contributed by atoms with Crippen molar-refractivity contribution in [3.05, 3.63) is 0 Å². The highest BCUT2D eigenvalue weighted by molar-refractivity contribution is 5.85. The lowest BCUT2D eigenvalue weighted by atomic mass is 9.96. The van der Waals surface area contributed by atoms with Gasteiger partial charge in [-0.15, -0.1) is 0 Å². The van der Waals surface area contributed by atoms with E-state index in [2.05, 4.69) is 0 Å². The van der Waals surface area contributed by atoms with E-state index in [1.165, 1.54) is 0 Å². The molecule has 3 atom stereocenters. The zero-order chi connectivity index (χ0) is 10.7. The fourth-order valence-corrected chi connectivity index (χ4v) is 1.56. The molecule has 0 spiro atoms. The molecule has 0 bridgehead atoms. The largest absolute Gasteiger partial charge is 0.481 e. The van der Waals surface area contributed by atoms with Crippen LogP contribution in [0.15, 0.2) is 0 Å². The number of rotatable bonds is 3. The maximum absolute atomic E-state index is 11.2. The summed E-state index contributed by atoms with van der Waals surface area (Å²) in [5.41, 5.74) is 0. The molecule has 2 N–H and O–H groups in total. The van der Waals surface area contributed by atoms with Crippen LogP contribution < -0.4 is 0 Å². The van der Waals surface area contributed by atoms with Gasteiger partial charge < -0.3 is 14.9 Å².